The average Bonchev–Trinajstić information content (AvgIpc) is 3.16. The maximum Gasteiger partial charge on any atom is 0.271 e. The maximum absolute atomic E-state index is 12.2. The number of nitrogens with one attached hydrogen (secondary N) is 2. The lowest BCUT2D eigenvalue weighted by molar-refractivity contribution is 0.0954. The SMILES string of the molecule is Cc1ccc(C(=O)Nc2ccc(C(=O)N/N=C\c3cccs3)cc2)cc1. The molecule has 0 saturated carbocycles. The van der Waals surface area contributed by atoms with Crippen molar-refractivity contribution in [3.63, 3.8) is 0 Å². The smallest absolute Gasteiger partial charge is 0.271 e. The fraction of sp³-hybridized carbons (Fsp3) is 0.0500. The molecule has 26 heavy (non-hydrogen) atoms. The Labute approximate surface area is 155 Å². The Kier molecular flexibility index (Phi) is 5.56. The van der Waals surface area contributed by atoms with Crippen molar-refractivity contribution in [2.75, 3.05) is 5.32 Å². The van der Waals surface area contributed by atoms with Gasteiger partial charge in [-0.3, -0.25) is 9.59 Å². The van der Waals surface area contributed by atoms with Gasteiger partial charge in [0, 0.05) is 21.7 Å². The Hall–Kier alpha value is -3.25. The second kappa shape index (κ2) is 8.22. The van der Waals surface area contributed by atoms with E-state index in [1.165, 1.54) is 11.3 Å². The summed E-state index contributed by atoms with van der Waals surface area (Å²) in [5.41, 5.74) is 5.24. The molecule has 2 N–H and O–H groups in total. The number of carbonyl (C=O) groups is 2. The van der Waals surface area contributed by atoms with Gasteiger partial charge in [-0.05, 0) is 54.8 Å². The van der Waals surface area contributed by atoms with Gasteiger partial charge in [-0.2, -0.15) is 5.10 Å². The third-order valence-electron chi connectivity index (χ3n) is 3.62. The predicted molar refractivity (Wildman–Crippen MR) is 105 cm³/mol. The van der Waals surface area contributed by atoms with Crippen LogP contribution in [0.15, 0.2) is 71.1 Å². The monoisotopic (exact) mass is 363 g/mol. The van der Waals surface area contributed by atoms with Crippen molar-refractivity contribution in [1.29, 1.82) is 0 Å². The van der Waals surface area contributed by atoms with E-state index >= 15 is 0 Å². The van der Waals surface area contributed by atoms with E-state index in [4.69, 9.17) is 0 Å². The molecule has 0 aliphatic rings. The number of benzene rings is 2. The molecule has 2 amide bonds. The summed E-state index contributed by atoms with van der Waals surface area (Å²) in [6, 6.07) is 17.8. The molecule has 5 nitrogen and oxygen atoms in total. The van der Waals surface area contributed by atoms with E-state index in [0.717, 1.165) is 10.4 Å². The highest BCUT2D eigenvalue weighted by Crippen LogP contribution is 2.12. The van der Waals surface area contributed by atoms with Gasteiger partial charge in [0.2, 0.25) is 0 Å². The van der Waals surface area contributed by atoms with Crippen LogP contribution in [-0.2, 0) is 0 Å². The highest BCUT2D eigenvalue weighted by molar-refractivity contribution is 7.11. The molecule has 1 heterocycles. The third kappa shape index (κ3) is 4.64. The van der Waals surface area contributed by atoms with E-state index in [0.29, 0.717) is 16.8 Å². The predicted octanol–water partition coefficient (Wildman–Crippen LogP) is 4.07. The van der Waals surface area contributed by atoms with Crippen LogP contribution in [-0.4, -0.2) is 18.0 Å². The molecule has 6 heteroatoms. The van der Waals surface area contributed by atoms with Crippen LogP contribution in [0.3, 0.4) is 0 Å². The fourth-order valence-electron chi connectivity index (χ4n) is 2.20. The lowest BCUT2D eigenvalue weighted by Crippen LogP contribution is -2.17. The van der Waals surface area contributed by atoms with E-state index in [-0.39, 0.29) is 11.8 Å². The van der Waals surface area contributed by atoms with E-state index in [2.05, 4.69) is 15.8 Å². The summed E-state index contributed by atoms with van der Waals surface area (Å²) in [5, 5.41) is 8.67. The molecule has 0 radical (unpaired) electrons. The third-order valence-corrected chi connectivity index (χ3v) is 4.43. The number of carbonyl (C=O) groups excluding carboxylic acids is 2. The largest absolute Gasteiger partial charge is 0.322 e. The Morgan fingerprint density at radius 3 is 2.23 bits per heavy atom. The van der Waals surface area contributed by atoms with E-state index in [9.17, 15) is 9.59 Å². The number of hydrogen-bond acceptors (Lipinski definition) is 4. The normalized spacial score (nSPS) is 10.7. The summed E-state index contributed by atoms with van der Waals surface area (Å²) >= 11 is 1.54. The zero-order valence-electron chi connectivity index (χ0n) is 14.1. The average molecular weight is 363 g/mol. The highest BCUT2D eigenvalue weighted by atomic mass is 32.1. The van der Waals surface area contributed by atoms with E-state index < -0.39 is 0 Å². The van der Waals surface area contributed by atoms with Crippen LogP contribution in [0.1, 0.15) is 31.2 Å². The lowest BCUT2D eigenvalue weighted by atomic mass is 10.1. The first-order chi connectivity index (χ1) is 12.6. The molecule has 0 fully saturated rings. The molecule has 2 aromatic carbocycles. The summed E-state index contributed by atoms with van der Waals surface area (Å²) in [4.78, 5) is 25.2. The number of hydrogen-bond donors (Lipinski definition) is 2. The molecule has 0 aliphatic carbocycles. The standard InChI is InChI=1S/C20H17N3O2S/c1-14-4-6-15(7-5-14)19(24)22-17-10-8-16(9-11-17)20(25)23-21-13-18-3-2-12-26-18/h2-13H,1H3,(H,22,24)(H,23,25)/b21-13-. The number of thiophene rings is 1. The minimum Gasteiger partial charge on any atom is -0.322 e. The number of hydrazone groups is 1. The van der Waals surface area contributed by atoms with Gasteiger partial charge in [-0.25, -0.2) is 5.43 Å². The molecule has 130 valence electrons. The highest BCUT2D eigenvalue weighted by Gasteiger charge is 2.07. The van der Waals surface area contributed by atoms with Gasteiger partial charge in [0.1, 0.15) is 0 Å². The summed E-state index contributed by atoms with van der Waals surface area (Å²) in [5.74, 6) is -0.503. The molecule has 0 atom stereocenters. The first-order valence-electron chi connectivity index (χ1n) is 7.97. The lowest BCUT2D eigenvalue weighted by Gasteiger charge is -2.06. The van der Waals surface area contributed by atoms with Gasteiger partial charge in [0.15, 0.2) is 0 Å². The molecule has 3 rings (SSSR count). The van der Waals surface area contributed by atoms with Gasteiger partial charge in [-0.15, -0.1) is 11.3 Å². The Morgan fingerprint density at radius 2 is 1.58 bits per heavy atom. The van der Waals surface area contributed by atoms with Gasteiger partial charge < -0.3 is 5.32 Å². The maximum atomic E-state index is 12.2. The summed E-state index contributed by atoms with van der Waals surface area (Å²) in [6.07, 6.45) is 1.60. The van der Waals surface area contributed by atoms with Crippen LogP contribution in [0, 0.1) is 6.92 Å². The summed E-state index contributed by atoms with van der Waals surface area (Å²) < 4.78 is 0. The molecular formula is C20H17N3O2S. The van der Waals surface area contributed by atoms with Gasteiger partial charge in [0.25, 0.3) is 11.8 Å². The minimum absolute atomic E-state index is 0.192. The first kappa shape index (κ1) is 17.6. The Balaban J connectivity index is 1.58. The van der Waals surface area contributed by atoms with Crippen LogP contribution in [0.5, 0.6) is 0 Å². The van der Waals surface area contributed by atoms with Crippen LogP contribution in [0.4, 0.5) is 5.69 Å². The number of nitrogens with zero attached hydrogens (tertiary/aromatic N) is 1. The number of rotatable bonds is 5. The van der Waals surface area contributed by atoms with Gasteiger partial charge in [-0.1, -0.05) is 23.8 Å². The Bertz CT molecular complexity index is 915. The molecule has 3 aromatic rings. The van der Waals surface area contributed by atoms with Crippen molar-refractivity contribution in [2.24, 2.45) is 5.10 Å². The van der Waals surface area contributed by atoms with Crippen molar-refractivity contribution in [3.8, 4) is 0 Å². The topological polar surface area (TPSA) is 70.6 Å². The molecule has 1 aromatic heterocycles. The zero-order chi connectivity index (χ0) is 18.4. The van der Waals surface area contributed by atoms with E-state index in [1.54, 1.807) is 42.6 Å². The number of aryl methyl sites for hydroxylation is 1. The second-order valence-corrected chi connectivity index (χ2v) is 6.59. The molecule has 0 unspecified atom stereocenters. The number of anilines is 1. The summed E-state index contributed by atoms with van der Waals surface area (Å²) in [7, 11) is 0. The van der Waals surface area contributed by atoms with Crippen LogP contribution in [0.25, 0.3) is 0 Å². The molecule has 0 aliphatic heterocycles. The second-order valence-electron chi connectivity index (χ2n) is 5.61. The van der Waals surface area contributed by atoms with Crippen molar-refractivity contribution in [2.45, 2.75) is 6.92 Å². The van der Waals surface area contributed by atoms with Crippen molar-refractivity contribution >= 4 is 35.1 Å². The fourth-order valence-corrected chi connectivity index (χ4v) is 2.78. The van der Waals surface area contributed by atoms with Gasteiger partial charge >= 0.3 is 0 Å². The molecular weight excluding hydrogens is 346 g/mol. The minimum atomic E-state index is -0.311. The van der Waals surface area contributed by atoms with E-state index in [1.807, 2.05) is 36.6 Å². The van der Waals surface area contributed by atoms with Crippen LogP contribution >= 0.6 is 11.3 Å². The molecule has 0 bridgehead atoms. The van der Waals surface area contributed by atoms with Crippen LogP contribution < -0.4 is 10.7 Å². The zero-order valence-corrected chi connectivity index (χ0v) is 14.9. The number of amides is 2. The first-order valence-corrected chi connectivity index (χ1v) is 8.85. The Morgan fingerprint density at radius 1 is 0.923 bits per heavy atom. The van der Waals surface area contributed by atoms with Crippen molar-refractivity contribution in [1.82, 2.24) is 5.43 Å². The molecule has 0 saturated heterocycles. The van der Waals surface area contributed by atoms with Crippen molar-refractivity contribution < 1.29 is 9.59 Å². The summed E-state index contributed by atoms with van der Waals surface area (Å²) in [6.45, 7) is 1.97. The van der Waals surface area contributed by atoms with Crippen LogP contribution in [0.2, 0.25) is 0 Å². The molecule has 0 spiro atoms. The van der Waals surface area contributed by atoms with Crippen molar-refractivity contribution in [3.05, 3.63) is 87.6 Å². The quantitative estimate of drug-likeness (QED) is 0.530. The van der Waals surface area contributed by atoms with Gasteiger partial charge in [0.05, 0.1) is 6.21 Å².